The van der Waals surface area contributed by atoms with E-state index in [-0.39, 0.29) is 17.9 Å². The smallest absolute Gasteiger partial charge is 0.224 e. The first-order chi connectivity index (χ1) is 20.8. The summed E-state index contributed by atoms with van der Waals surface area (Å²) in [5, 5.41) is 4.53. The molecule has 7 rings (SSSR count). The molecule has 0 amide bonds. The Morgan fingerprint density at radius 2 is 1.86 bits per heavy atom. The highest BCUT2D eigenvalue weighted by molar-refractivity contribution is 6.03. The Balaban J connectivity index is 1.33. The summed E-state index contributed by atoms with van der Waals surface area (Å²) >= 11 is 0. The van der Waals surface area contributed by atoms with Crippen molar-refractivity contribution in [2.24, 2.45) is 5.16 Å². The van der Waals surface area contributed by atoms with Crippen LogP contribution in [-0.2, 0) is 10.4 Å². The largest absolute Gasteiger partial charge is 0.495 e. The highest BCUT2D eigenvalue weighted by Crippen LogP contribution is 2.53. The lowest BCUT2D eigenvalue weighted by molar-refractivity contribution is -0.125. The van der Waals surface area contributed by atoms with E-state index in [0.29, 0.717) is 36.5 Å². The molecule has 43 heavy (non-hydrogen) atoms. The SMILES string of the molecule is COc1cc(C=C2CCCN3C2=NOC2(COc4cc(F)ccc42)[C@@H]3c2cc(F)c(F)c(F)c2)ccc1-n1cnc(C)c1. The highest BCUT2D eigenvalue weighted by Gasteiger charge is 2.57. The number of hydrogen-bond donors (Lipinski definition) is 0. The van der Waals surface area contributed by atoms with Crippen LogP contribution in [0.4, 0.5) is 17.6 Å². The lowest BCUT2D eigenvalue weighted by atomic mass is 9.80. The summed E-state index contributed by atoms with van der Waals surface area (Å²) < 4.78 is 70.8. The Bertz CT molecular complexity index is 1800. The zero-order valence-electron chi connectivity index (χ0n) is 23.3. The summed E-state index contributed by atoms with van der Waals surface area (Å²) in [5.41, 5.74) is 2.65. The number of amidine groups is 1. The molecule has 0 N–H and O–H groups in total. The fraction of sp³-hybridized carbons (Fsp3) is 0.250. The van der Waals surface area contributed by atoms with E-state index in [1.807, 2.05) is 46.9 Å². The van der Waals surface area contributed by atoms with Gasteiger partial charge in [-0.15, -0.1) is 0 Å². The Hall–Kier alpha value is -4.80. The molecule has 1 aromatic heterocycles. The second-order valence-electron chi connectivity index (χ2n) is 10.8. The quantitative estimate of drug-likeness (QED) is 0.198. The van der Waals surface area contributed by atoms with Crippen molar-refractivity contribution < 1.29 is 31.9 Å². The maximum atomic E-state index is 14.6. The monoisotopic (exact) mass is 590 g/mol. The summed E-state index contributed by atoms with van der Waals surface area (Å²) in [7, 11) is 1.60. The van der Waals surface area contributed by atoms with Crippen LogP contribution >= 0.6 is 0 Å². The number of benzene rings is 3. The van der Waals surface area contributed by atoms with Crippen LogP contribution in [0.5, 0.6) is 11.5 Å². The molecule has 7 nitrogen and oxygen atoms in total. The van der Waals surface area contributed by atoms with Crippen molar-refractivity contribution >= 4 is 11.9 Å². The molecular formula is C32H26F4N4O3. The van der Waals surface area contributed by atoms with Gasteiger partial charge in [0.25, 0.3) is 0 Å². The number of imidazole rings is 1. The van der Waals surface area contributed by atoms with Crippen molar-refractivity contribution in [3.63, 3.8) is 0 Å². The Labute approximate surface area is 244 Å². The number of aromatic nitrogens is 2. The van der Waals surface area contributed by atoms with Crippen LogP contribution in [0.3, 0.4) is 0 Å². The minimum absolute atomic E-state index is 0.0875. The highest BCUT2D eigenvalue weighted by atomic mass is 19.2. The van der Waals surface area contributed by atoms with Gasteiger partial charge in [-0.25, -0.2) is 22.5 Å². The molecule has 4 heterocycles. The van der Waals surface area contributed by atoms with Gasteiger partial charge in [0.15, 0.2) is 23.3 Å². The van der Waals surface area contributed by atoms with E-state index in [2.05, 4.69) is 10.1 Å². The maximum absolute atomic E-state index is 14.6. The molecule has 1 spiro atoms. The molecule has 3 aliphatic heterocycles. The molecule has 220 valence electrons. The number of aryl methyl sites for hydroxylation is 1. The molecular weight excluding hydrogens is 564 g/mol. The number of fused-ring (bicyclic) bond motifs is 3. The van der Waals surface area contributed by atoms with Crippen molar-refractivity contribution in [2.75, 3.05) is 20.3 Å². The second kappa shape index (κ2) is 10.2. The summed E-state index contributed by atoms with van der Waals surface area (Å²) in [5.74, 6) is -3.33. The van der Waals surface area contributed by atoms with Gasteiger partial charge in [-0.2, -0.15) is 0 Å². The Morgan fingerprint density at radius 1 is 1.05 bits per heavy atom. The zero-order chi connectivity index (χ0) is 29.9. The number of rotatable bonds is 4. The third-order valence-electron chi connectivity index (χ3n) is 8.15. The summed E-state index contributed by atoms with van der Waals surface area (Å²) in [4.78, 5) is 12.4. The number of halogens is 4. The van der Waals surface area contributed by atoms with Crippen LogP contribution in [-0.4, -0.2) is 40.5 Å². The van der Waals surface area contributed by atoms with Crippen molar-refractivity contribution in [3.8, 4) is 17.2 Å². The minimum Gasteiger partial charge on any atom is -0.495 e. The van der Waals surface area contributed by atoms with E-state index in [0.717, 1.165) is 34.7 Å². The predicted molar refractivity (Wildman–Crippen MR) is 150 cm³/mol. The summed E-state index contributed by atoms with van der Waals surface area (Å²) in [6, 6.07) is 10.9. The van der Waals surface area contributed by atoms with Gasteiger partial charge in [-0.1, -0.05) is 11.2 Å². The fourth-order valence-corrected chi connectivity index (χ4v) is 6.23. The van der Waals surface area contributed by atoms with E-state index in [4.69, 9.17) is 14.3 Å². The molecule has 11 heteroatoms. The van der Waals surface area contributed by atoms with Crippen LogP contribution in [0.25, 0.3) is 11.8 Å². The van der Waals surface area contributed by atoms with E-state index in [1.54, 1.807) is 13.4 Å². The van der Waals surface area contributed by atoms with E-state index in [1.165, 1.54) is 18.2 Å². The van der Waals surface area contributed by atoms with Crippen LogP contribution in [0.2, 0.25) is 0 Å². The summed E-state index contributed by atoms with van der Waals surface area (Å²) in [6.45, 7) is 2.30. The second-order valence-corrected chi connectivity index (χ2v) is 10.8. The van der Waals surface area contributed by atoms with Crippen molar-refractivity contribution in [2.45, 2.75) is 31.4 Å². The average Bonchev–Trinajstić information content (AvgIpc) is 3.59. The molecule has 1 saturated heterocycles. The molecule has 1 fully saturated rings. The van der Waals surface area contributed by atoms with Crippen LogP contribution < -0.4 is 9.47 Å². The van der Waals surface area contributed by atoms with E-state index in [9.17, 15) is 17.6 Å². The summed E-state index contributed by atoms with van der Waals surface area (Å²) in [6.07, 6.45) is 6.95. The van der Waals surface area contributed by atoms with Gasteiger partial charge in [0.2, 0.25) is 5.60 Å². The molecule has 0 bridgehead atoms. The molecule has 4 aromatic rings. The number of piperidine rings is 1. The molecule has 2 atom stereocenters. The van der Waals surface area contributed by atoms with Gasteiger partial charge in [-0.05, 0) is 78.9 Å². The first kappa shape index (κ1) is 27.1. The van der Waals surface area contributed by atoms with E-state index >= 15 is 0 Å². The molecule has 0 radical (unpaired) electrons. The van der Waals surface area contributed by atoms with Crippen molar-refractivity contribution in [1.29, 1.82) is 0 Å². The first-order valence-electron chi connectivity index (χ1n) is 13.8. The molecule has 3 aromatic carbocycles. The van der Waals surface area contributed by atoms with Gasteiger partial charge < -0.3 is 23.8 Å². The van der Waals surface area contributed by atoms with Crippen LogP contribution in [0.15, 0.2) is 71.8 Å². The van der Waals surface area contributed by atoms with Gasteiger partial charge in [-0.3, -0.25) is 0 Å². The van der Waals surface area contributed by atoms with Gasteiger partial charge >= 0.3 is 0 Å². The van der Waals surface area contributed by atoms with E-state index < -0.39 is 34.9 Å². The van der Waals surface area contributed by atoms with Gasteiger partial charge in [0, 0.05) is 24.4 Å². The topological polar surface area (TPSA) is 61.1 Å². The van der Waals surface area contributed by atoms with Crippen LogP contribution in [0.1, 0.15) is 41.3 Å². The lowest BCUT2D eigenvalue weighted by Crippen LogP contribution is -2.54. The number of ether oxygens (including phenoxy) is 2. The standard InChI is InChI=1S/C32H26F4N4O3/c1-18-15-39(17-37-18)26-8-5-19(11-28(26)41-2)10-20-4-3-9-40-30(21-12-24(34)29(36)25(35)13-21)32(43-38-31(20)40)16-42-27-14-22(33)6-7-23(27)32/h5-8,10-15,17,30H,3-4,9,16H2,1-2H3/t30-,32?/m0/s1. The number of nitrogens with zero attached hydrogens (tertiary/aromatic N) is 4. The number of methoxy groups -OCH3 is 1. The normalized spacial score (nSPS) is 21.7. The zero-order valence-corrected chi connectivity index (χ0v) is 23.3. The average molecular weight is 591 g/mol. The van der Waals surface area contributed by atoms with Crippen molar-refractivity contribution in [1.82, 2.24) is 14.5 Å². The predicted octanol–water partition coefficient (Wildman–Crippen LogP) is 6.60. The third kappa shape index (κ3) is 4.41. The number of hydrogen-bond acceptors (Lipinski definition) is 6. The number of oxime groups is 1. The third-order valence-corrected chi connectivity index (χ3v) is 8.15. The minimum atomic E-state index is -1.56. The Morgan fingerprint density at radius 3 is 2.60 bits per heavy atom. The Kier molecular flexibility index (Phi) is 6.41. The van der Waals surface area contributed by atoms with Gasteiger partial charge in [0.05, 0.1) is 24.8 Å². The maximum Gasteiger partial charge on any atom is 0.224 e. The molecule has 3 aliphatic rings. The van der Waals surface area contributed by atoms with Crippen LogP contribution in [0, 0.1) is 30.2 Å². The van der Waals surface area contributed by atoms with Gasteiger partial charge in [0.1, 0.15) is 30.0 Å². The molecule has 0 aliphatic carbocycles. The first-order valence-corrected chi connectivity index (χ1v) is 13.8. The van der Waals surface area contributed by atoms with Crippen molar-refractivity contribution in [3.05, 3.63) is 112 Å². The molecule has 0 saturated carbocycles. The fourth-order valence-electron chi connectivity index (χ4n) is 6.23. The molecule has 1 unspecified atom stereocenters. The lowest BCUT2D eigenvalue weighted by Gasteiger charge is -2.48.